The van der Waals surface area contributed by atoms with Crippen molar-refractivity contribution in [3.05, 3.63) is 119 Å². The van der Waals surface area contributed by atoms with Gasteiger partial charge in [0.15, 0.2) is 0 Å². The molecule has 0 aliphatic heterocycles. The molecule has 0 unspecified atom stereocenters. The summed E-state index contributed by atoms with van der Waals surface area (Å²) in [4.78, 5) is 8.89. The summed E-state index contributed by atoms with van der Waals surface area (Å²) in [5.74, 6) is 1.64. The highest BCUT2D eigenvalue weighted by Crippen LogP contribution is 2.28. The Morgan fingerprint density at radius 3 is 2.50 bits per heavy atom. The van der Waals surface area contributed by atoms with Crippen molar-refractivity contribution < 1.29 is 4.74 Å². The second-order valence-electron chi connectivity index (χ2n) is 7.83. The fraction of sp³-hybridized carbons (Fsp3) is 0.0714. The van der Waals surface area contributed by atoms with Gasteiger partial charge in [-0.15, -0.1) is 0 Å². The largest absolute Gasteiger partial charge is 0.489 e. The van der Waals surface area contributed by atoms with E-state index in [1.807, 2.05) is 72.8 Å². The number of halogens is 1. The number of anilines is 3. The minimum Gasteiger partial charge on any atom is -0.489 e. The summed E-state index contributed by atoms with van der Waals surface area (Å²) in [5.41, 5.74) is 5.06. The first-order valence-electron chi connectivity index (χ1n) is 11.0. The highest BCUT2D eigenvalue weighted by atomic mass is 79.9. The van der Waals surface area contributed by atoms with E-state index in [9.17, 15) is 0 Å². The molecule has 0 atom stereocenters. The molecule has 0 fully saturated rings. The maximum absolute atomic E-state index is 6.10. The number of fused-ring (bicyclic) bond motifs is 1. The zero-order valence-corrected chi connectivity index (χ0v) is 20.0. The first kappa shape index (κ1) is 21.9. The number of hydrogen-bond donors (Lipinski definition) is 2. The number of hydrogen-bond acceptors (Lipinski definition) is 5. The number of para-hydroxylation sites is 1. The minimum absolute atomic E-state index is 0.537. The Bertz CT molecular complexity index is 1410. The predicted octanol–water partition coefficient (Wildman–Crippen LogP) is 7.33. The average Bonchev–Trinajstić information content (AvgIpc) is 2.87. The van der Waals surface area contributed by atoms with Crippen molar-refractivity contribution in [3.63, 3.8) is 0 Å². The summed E-state index contributed by atoms with van der Waals surface area (Å²) in [6, 6.07) is 32.4. The third kappa shape index (κ3) is 5.35. The van der Waals surface area contributed by atoms with Gasteiger partial charge in [0.1, 0.15) is 24.5 Å². The van der Waals surface area contributed by atoms with E-state index in [0.29, 0.717) is 13.2 Å². The number of nitrogens with zero attached hydrogens (tertiary/aromatic N) is 2. The van der Waals surface area contributed by atoms with Gasteiger partial charge in [-0.2, -0.15) is 0 Å². The van der Waals surface area contributed by atoms with Gasteiger partial charge in [0.05, 0.1) is 5.52 Å². The van der Waals surface area contributed by atoms with Gasteiger partial charge in [0, 0.05) is 33.3 Å². The zero-order valence-electron chi connectivity index (χ0n) is 18.4. The summed E-state index contributed by atoms with van der Waals surface area (Å²) in [5, 5.41) is 7.87. The lowest BCUT2D eigenvalue weighted by Gasteiger charge is -2.14. The second-order valence-corrected chi connectivity index (χ2v) is 8.74. The molecule has 0 aliphatic carbocycles. The lowest BCUT2D eigenvalue weighted by atomic mass is 10.1. The van der Waals surface area contributed by atoms with Crippen LogP contribution in [-0.2, 0) is 13.2 Å². The lowest BCUT2D eigenvalue weighted by Crippen LogP contribution is -2.04. The van der Waals surface area contributed by atoms with Crippen LogP contribution in [0.1, 0.15) is 11.1 Å². The van der Waals surface area contributed by atoms with E-state index >= 15 is 0 Å². The molecule has 0 saturated carbocycles. The average molecular weight is 511 g/mol. The van der Waals surface area contributed by atoms with Crippen molar-refractivity contribution in [2.45, 2.75) is 13.2 Å². The molecule has 34 heavy (non-hydrogen) atoms. The molecule has 0 saturated heterocycles. The van der Waals surface area contributed by atoms with Crippen LogP contribution in [0.4, 0.5) is 17.2 Å². The van der Waals surface area contributed by atoms with Gasteiger partial charge in [-0.1, -0.05) is 70.5 Å². The summed E-state index contributed by atoms with van der Waals surface area (Å²) in [7, 11) is 0. The molecule has 5 nitrogen and oxygen atoms in total. The maximum Gasteiger partial charge on any atom is 0.141 e. The molecule has 5 rings (SSSR count). The smallest absolute Gasteiger partial charge is 0.141 e. The van der Waals surface area contributed by atoms with Crippen molar-refractivity contribution >= 4 is 44.0 Å². The monoisotopic (exact) mass is 510 g/mol. The highest BCUT2D eigenvalue weighted by molar-refractivity contribution is 9.10. The Morgan fingerprint density at radius 2 is 1.62 bits per heavy atom. The van der Waals surface area contributed by atoms with Crippen molar-refractivity contribution in [2.75, 3.05) is 10.6 Å². The van der Waals surface area contributed by atoms with Crippen LogP contribution in [0.5, 0.6) is 5.75 Å². The highest BCUT2D eigenvalue weighted by Gasteiger charge is 2.08. The maximum atomic E-state index is 6.10. The van der Waals surface area contributed by atoms with Crippen LogP contribution >= 0.6 is 15.9 Å². The van der Waals surface area contributed by atoms with Crippen LogP contribution in [0.3, 0.4) is 0 Å². The van der Waals surface area contributed by atoms with Crippen molar-refractivity contribution in [1.82, 2.24) is 9.97 Å². The zero-order chi connectivity index (χ0) is 23.2. The minimum atomic E-state index is 0.537. The summed E-state index contributed by atoms with van der Waals surface area (Å²) in [6.45, 7) is 1.17. The summed E-state index contributed by atoms with van der Waals surface area (Å²) in [6.07, 6.45) is 1.58. The third-order valence-electron chi connectivity index (χ3n) is 5.42. The van der Waals surface area contributed by atoms with E-state index in [1.54, 1.807) is 6.33 Å². The fourth-order valence-electron chi connectivity index (χ4n) is 3.69. The summed E-state index contributed by atoms with van der Waals surface area (Å²) >= 11 is 3.52. The van der Waals surface area contributed by atoms with Crippen LogP contribution in [-0.4, -0.2) is 9.97 Å². The molecule has 1 heterocycles. The van der Waals surface area contributed by atoms with Gasteiger partial charge in [0.25, 0.3) is 0 Å². The van der Waals surface area contributed by atoms with Crippen molar-refractivity contribution in [1.29, 1.82) is 0 Å². The quantitative estimate of drug-likeness (QED) is 0.229. The van der Waals surface area contributed by atoms with Gasteiger partial charge in [-0.25, -0.2) is 9.97 Å². The molecule has 168 valence electrons. The Balaban J connectivity index is 1.33. The molecular weight excluding hydrogens is 488 g/mol. The molecule has 0 aliphatic rings. The number of ether oxygens (including phenoxy) is 1. The fourth-order valence-corrected chi connectivity index (χ4v) is 4.09. The number of aromatic nitrogens is 2. The molecule has 4 aromatic carbocycles. The van der Waals surface area contributed by atoms with Gasteiger partial charge in [0.2, 0.25) is 0 Å². The molecule has 2 N–H and O–H groups in total. The Kier molecular flexibility index (Phi) is 6.68. The third-order valence-corrected chi connectivity index (χ3v) is 5.91. The van der Waals surface area contributed by atoms with Crippen molar-refractivity contribution in [3.8, 4) is 5.75 Å². The Labute approximate surface area is 207 Å². The SMILES string of the molecule is Brc1cccc(Nc2ncnc3ccc(NCc4ccccc4OCc4ccccc4)cc23)c1. The molecule has 6 heteroatoms. The van der Waals surface area contributed by atoms with E-state index in [4.69, 9.17) is 4.74 Å². The molecule has 0 radical (unpaired) electrons. The van der Waals surface area contributed by atoms with Gasteiger partial charge in [-0.05, 0) is 48.0 Å². The Morgan fingerprint density at radius 1 is 0.765 bits per heavy atom. The van der Waals surface area contributed by atoms with E-state index < -0.39 is 0 Å². The van der Waals surface area contributed by atoms with E-state index in [0.717, 1.165) is 49.4 Å². The van der Waals surface area contributed by atoms with Crippen LogP contribution in [0.2, 0.25) is 0 Å². The molecule has 0 amide bonds. The topological polar surface area (TPSA) is 59.1 Å². The lowest BCUT2D eigenvalue weighted by molar-refractivity contribution is 0.303. The first-order valence-corrected chi connectivity index (χ1v) is 11.8. The van der Waals surface area contributed by atoms with Crippen LogP contribution in [0.15, 0.2) is 108 Å². The van der Waals surface area contributed by atoms with Crippen LogP contribution in [0.25, 0.3) is 10.9 Å². The summed E-state index contributed by atoms with van der Waals surface area (Å²) < 4.78 is 7.11. The number of rotatable bonds is 8. The molecular formula is C28H23BrN4O. The normalized spacial score (nSPS) is 10.7. The molecule has 1 aromatic heterocycles. The number of benzene rings is 4. The van der Waals surface area contributed by atoms with Gasteiger partial charge >= 0.3 is 0 Å². The van der Waals surface area contributed by atoms with Gasteiger partial charge < -0.3 is 15.4 Å². The molecule has 0 bridgehead atoms. The van der Waals surface area contributed by atoms with E-state index in [2.05, 4.69) is 60.8 Å². The van der Waals surface area contributed by atoms with Gasteiger partial charge in [-0.3, -0.25) is 0 Å². The first-order chi connectivity index (χ1) is 16.7. The molecule has 0 spiro atoms. The van der Waals surface area contributed by atoms with Crippen molar-refractivity contribution in [2.24, 2.45) is 0 Å². The number of nitrogens with one attached hydrogen (secondary N) is 2. The van der Waals surface area contributed by atoms with E-state index in [-0.39, 0.29) is 0 Å². The van der Waals surface area contributed by atoms with Crippen LogP contribution in [0, 0.1) is 0 Å². The second kappa shape index (κ2) is 10.4. The van der Waals surface area contributed by atoms with Crippen LogP contribution < -0.4 is 15.4 Å². The standard InChI is InChI=1S/C28H23BrN4O/c29-22-10-6-11-24(15-22)33-28-25-16-23(13-14-26(25)31-19-32-28)30-17-21-9-4-5-12-27(21)34-18-20-7-2-1-3-8-20/h1-16,19,30H,17-18H2,(H,31,32,33). The van der Waals surface area contributed by atoms with E-state index in [1.165, 1.54) is 0 Å². The molecule has 5 aromatic rings. The Hall–Kier alpha value is -3.90. The predicted molar refractivity (Wildman–Crippen MR) is 142 cm³/mol.